The topological polar surface area (TPSA) is 83.5 Å². The maximum Gasteiger partial charge on any atom is 0.321 e. The minimum atomic E-state index is -3.85. The van der Waals surface area contributed by atoms with Crippen molar-refractivity contribution in [3.63, 3.8) is 0 Å². The van der Waals surface area contributed by atoms with Crippen molar-refractivity contribution in [1.82, 2.24) is 4.72 Å². The van der Waals surface area contributed by atoms with Crippen LogP contribution in [0.25, 0.3) is 0 Å². The number of rotatable bonds is 8. The number of nitrogens with one attached hydrogen (secondary N) is 1. The van der Waals surface area contributed by atoms with E-state index in [0.29, 0.717) is 6.42 Å². The lowest BCUT2D eigenvalue weighted by Crippen LogP contribution is -2.41. The van der Waals surface area contributed by atoms with Crippen LogP contribution in [0.1, 0.15) is 31.7 Å². The summed E-state index contributed by atoms with van der Waals surface area (Å²) in [6.45, 7) is 1.88. The van der Waals surface area contributed by atoms with E-state index in [0.717, 1.165) is 12.5 Å². The normalized spacial score (nSPS) is 13.1. The van der Waals surface area contributed by atoms with E-state index in [1.807, 2.05) is 6.92 Å². The molecule has 2 N–H and O–H groups in total. The lowest BCUT2D eigenvalue weighted by Gasteiger charge is -2.14. The molecule has 0 aromatic heterocycles. The number of benzene rings is 1. The Morgan fingerprint density at radius 3 is 2.67 bits per heavy atom. The third-order valence-corrected chi connectivity index (χ3v) is 4.45. The molecule has 0 radical (unpaired) electrons. The fraction of sp³-hybridized carbons (Fsp3) is 0.462. The Morgan fingerprint density at radius 1 is 1.48 bits per heavy atom. The molecule has 5 nitrogen and oxygen atoms in total. The Morgan fingerprint density at radius 2 is 2.14 bits per heavy atom. The molecule has 0 aliphatic carbocycles. The Kier molecular flexibility index (Phi) is 6.57. The van der Waals surface area contributed by atoms with Gasteiger partial charge in [0.1, 0.15) is 11.9 Å². The van der Waals surface area contributed by atoms with E-state index >= 15 is 0 Å². The first-order valence-corrected chi connectivity index (χ1v) is 8.45. The highest BCUT2D eigenvalue weighted by Crippen LogP contribution is 2.17. The molecule has 0 fully saturated rings. The van der Waals surface area contributed by atoms with E-state index in [1.165, 1.54) is 12.1 Å². The molecule has 118 valence electrons. The van der Waals surface area contributed by atoms with Crippen molar-refractivity contribution < 1.29 is 22.7 Å². The number of hydrogen-bond acceptors (Lipinski definition) is 3. The van der Waals surface area contributed by atoms with E-state index in [-0.39, 0.29) is 17.0 Å². The average molecular weight is 338 g/mol. The summed E-state index contributed by atoms with van der Waals surface area (Å²) >= 11 is 5.58. The molecule has 0 bridgehead atoms. The first kappa shape index (κ1) is 17.9. The van der Waals surface area contributed by atoms with Gasteiger partial charge in [-0.05, 0) is 24.1 Å². The van der Waals surface area contributed by atoms with Gasteiger partial charge >= 0.3 is 5.97 Å². The molecule has 8 heteroatoms. The molecule has 21 heavy (non-hydrogen) atoms. The van der Waals surface area contributed by atoms with Crippen molar-refractivity contribution >= 4 is 27.6 Å². The highest BCUT2D eigenvalue weighted by molar-refractivity contribution is 7.88. The molecule has 0 aliphatic rings. The van der Waals surface area contributed by atoms with E-state index in [9.17, 15) is 17.6 Å². The SMILES string of the molecule is CCCC[C@H](NS(=O)(=O)Cc1ccc(F)c(Cl)c1)C(=O)O. The predicted molar refractivity (Wildman–Crippen MR) is 78.1 cm³/mol. The van der Waals surface area contributed by atoms with E-state index < -0.39 is 33.6 Å². The van der Waals surface area contributed by atoms with Gasteiger partial charge in [-0.25, -0.2) is 17.5 Å². The molecule has 0 amide bonds. The zero-order valence-corrected chi connectivity index (χ0v) is 13.0. The fourth-order valence-electron chi connectivity index (χ4n) is 1.75. The summed E-state index contributed by atoms with van der Waals surface area (Å²) in [6.07, 6.45) is 1.58. The van der Waals surface area contributed by atoms with Gasteiger partial charge in [0.25, 0.3) is 0 Å². The van der Waals surface area contributed by atoms with Crippen LogP contribution in [-0.2, 0) is 20.6 Å². The van der Waals surface area contributed by atoms with Gasteiger partial charge < -0.3 is 5.11 Å². The van der Waals surface area contributed by atoms with Crippen molar-refractivity contribution in [2.24, 2.45) is 0 Å². The number of carboxylic acid groups (broad SMARTS) is 1. The summed E-state index contributed by atoms with van der Waals surface area (Å²) in [5.74, 6) is -2.32. The van der Waals surface area contributed by atoms with Crippen LogP contribution in [-0.4, -0.2) is 25.5 Å². The second-order valence-corrected chi connectivity index (χ2v) is 6.82. The molecule has 0 aliphatic heterocycles. The first-order valence-electron chi connectivity index (χ1n) is 6.42. The number of carboxylic acids is 1. The largest absolute Gasteiger partial charge is 0.480 e. The van der Waals surface area contributed by atoms with Gasteiger partial charge in [0, 0.05) is 0 Å². The molecule has 0 spiro atoms. The second-order valence-electron chi connectivity index (χ2n) is 4.66. The van der Waals surface area contributed by atoms with Gasteiger partial charge in [0.05, 0.1) is 10.8 Å². The smallest absolute Gasteiger partial charge is 0.321 e. The first-order chi connectivity index (χ1) is 9.75. The minimum absolute atomic E-state index is 0.177. The molecule has 1 rings (SSSR count). The summed E-state index contributed by atoms with van der Waals surface area (Å²) in [5, 5.41) is 8.83. The standard InChI is InChI=1S/C13H17ClFNO4S/c1-2-3-4-12(13(17)18)16-21(19,20)8-9-5-6-11(15)10(14)7-9/h5-7,12,16H,2-4,8H2,1H3,(H,17,18)/t12-/m0/s1. The minimum Gasteiger partial charge on any atom is -0.480 e. The zero-order valence-electron chi connectivity index (χ0n) is 11.5. The number of sulfonamides is 1. The fourth-order valence-corrected chi connectivity index (χ4v) is 3.31. The molecule has 0 saturated heterocycles. The highest BCUT2D eigenvalue weighted by Gasteiger charge is 2.23. The molecular weight excluding hydrogens is 321 g/mol. The summed E-state index contributed by atoms with van der Waals surface area (Å²) < 4.78 is 39.1. The van der Waals surface area contributed by atoms with Gasteiger partial charge in [0.2, 0.25) is 10.0 Å². The lowest BCUT2D eigenvalue weighted by atomic mass is 10.1. The quantitative estimate of drug-likeness (QED) is 0.763. The van der Waals surface area contributed by atoms with Crippen molar-refractivity contribution in [2.75, 3.05) is 0 Å². The van der Waals surface area contributed by atoms with E-state index in [4.69, 9.17) is 16.7 Å². The Bertz CT molecular complexity index is 606. The van der Waals surface area contributed by atoms with Crippen LogP contribution in [0.3, 0.4) is 0 Å². The number of halogens is 2. The molecular formula is C13H17ClFNO4S. The predicted octanol–water partition coefficient (Wildman–Crippen LogP) is 2.54. The molecule has 1 atom stereocenters. The van der Waals surface area contributed by atoms with Crippen molar-refractivity contribution in [1.29, 1.82) is 0 Å². The Balaban J connectivity index is 2.79. The van der Waals surface area contributed by atoms with Crippen LogP contribution < -0.4 is 4.72 Å². The van der Waals surface area contributed by atoms with Gasteiger partial charge in [-0.1, -0.05) is 37.4 Å². The van der Waals surface area contributed by atoms with Gasteiger partial charge in [-0.2, -0.15) is 0 Å². The number of carbonyl (C=O) groups is 1. The number of unbranched alkanes of at least 4 members (excludes halogenated alkanes) is 1. The summed E-state index contributed by atoms with van der Waals surface area (Å²) in [7, 11) is -3.85. The monoisotopic (exact) mass is 337 g/mol. The van der Waals surface area contributed by atoms with Crippen LogP contribution in [0.4, 0.5) is 4.39 Å². The lowest BCUT2D eigenvalue weighted by molar-refractivity contribution is -0.139. The van der Waals surface area contributed by atoms with Crippen molar-refractivity contribution in [3.8, 4) is 0 Å². The summed E-state index contributed by atoms with van der Waals surface area (Å²) in [6, 6.07) is 2.41. The van der Waals surface area contributed by atoms with Gasteiger partial charge in [-0.15, -0.1) is 0 Å². The number of hydrogen-bond donors (Lipinski definition) is 2. The molecule has 1 aromatic rings. The maximum atomic E-state index is 13.0. The Hall–Kier alpha value is -1.18. The number of aliphatic carboxylic acids is 1. The second kappa shape index (κ2) is 7.72. The molecule has 1 aromatic carbocycles. The van der Waals surface area contributed by atoms with Gasteiger partial charge in [-0.3, -0.25) is 4.79 Å². The van der Waals surface area contributed by atoms with Crippen LogP contribution in [0.5, 0.6) is 0 Å². The van der Waals surface area contributed by atoms with Crippen LogP contribution in [0.2, 0.25) is 5.02 Å². The highest BCUT2D eigenvalue weighted by atomic mass is 35.5. The molecule has 0 saturated carbocycles. The van der Waals surface area contributed by atoms with Crippen molar-refractivity contribution in [2.45, 2.75) is 38.0 Å². The molecule has 0 heterocycles. The summed E-state index contributed by atoms with van der Waals surface area (Å²) in [4.78, 5) is 11.0. The Labute approximate surface area is 128 Å². The van der Waals surface area contributed by atoms with E-state index in [2.05, 4.69) is 4.72 Å². The van der Waals surface area contributed by atoms with Crippen molar-refractivity contribution in [3.05, 3.63) is 34.6 Å². The average Bonchev–Trinajstić information content (AvgIpc) is 2.38. The van der Waals surface area contributed by atoms with Crippen LogP contribution >= 0.6 is 11.6 Å². The zero-order chi connectivity index (χ0) is 16.0. The molecule has 0 unspecified atom stereocenters. The third kappa shape index (κ3) is 5.99. The summed E-state index contributed by atoms with van der Waals surface area (Å²) in [5.41, 5.74) is 0.286. The van der Waals surface area contributed by atoms with Gasteiger partial charge in [0.15, 0.2) is 0 Å². The van der Waals surface area contributed by atoms with Crippen LogP contribution in [0, 0.1) is 5.82 Å². The maximum absolute atomic E-state index is 13.0. The van der Waals surface area contributed by atoms with E-state index in [1.54, 1.807) is 0 Å². The van der Waals surface area contributed by atoms with Crippen LogP contribution in [0.15, 0.2) is 18.2 Å². The third-order valence-electron chi connectivity index (χ3n) is 2.81.